The Morgan fingerprint density at radius 3 is 2.68 bits per heavy atom. The van der Waals surface area contributed by atoms with E-state index >= 15 is 0 Å². The summed E-state index contributed by atoms with van der Waals surface area (Å²) in [5.41, 5.74) is 1.66. The summed E-state index contributed by atoms with van der Waals surface area (Å²) >= 11 is 0. The summed E-state index contributed by atoms with van der Waals surface area (Å²) in [6.07, 6.45) is -0.480. The van der Waals surface area contributed by atoms with Gasteiger partial charge in [0.05, 0.1) is 18.1 Å². The molecule has 4 nitrogen and oxygen atoms in total. The lowest BCUT2D eigenvalue weighted by molar-refractivity contribution is -0.145. The second-order valence-corrected chi connectivity index (χ2v) is 6.16. The van der Waals surface area contributed by atoms with E-state index in [0.29, 0.717) is 12.8 Å². The van der Waals surface area contributed by atoms with Crippen molar-refractivity contribution >= 4 is 5.97 Å². The fourth-order valence-electron chi connectivity index (χ4n) is 4.06. The van der Waals surface area contributed by atoms with Gasteiger partial charge in [0.25, 0.3) is 0 Å². The van der Waals surface area contributed by atoms with Crippen LogP contribution in [0.15, 0.2) is 24.3 Å². The van der Waals surface area contributed by atoms with E-state index in [0.717, 1.165) is 11.1 Å². The van der Waals surface area contributed by atoms with Crippen LogP contribution in [-0.4, -0.2) is 34.5 Å². The average molecular weight is 264 g/mol. The summed E-state index contributed by atoms with van der Waals surface area (Å²) in [5.74, 6) is -0.823. The molecule has 0 unspecified atom stereocenters. The number of hydrogen-bond acceptors (Lipinski definition) is 4. The van der Waals surface area contributed by atoms with Crippen LogP contribution in [0.2, 0.25) is 0 Å². The third kappa shape index (κ3) is 1.70. The Labute approximate surface area is 112 Å². The van der Waals surface area contributed by atoms with Crippen molar-refractivity contribution in [1.29, 1.82) is 0 Å². The predicted molar refractivity (Wildman–Crippen MR) is 69.0 cm³/mol. The SMILES string of the molecule is C=C1[C@H]2[C@@H]3OC(=O)[C@H](C)[C@H]3[C@H](O)CC(=C)[C@H]2C[C@H]1O. The average Bonchev–Trinajstić information content (AvgIpc) is 2.75. The maximum atomic E-state index is 11.8. The first-order chi connectivity index (χ1) is 8.91. The summed E-state index contributed by atoms with van der Waals surface area (Å²) in [6, 6.07) is 0. The number of aliphatic hydroxyl groups excluding tert-OH is 2. The van der Waals surface area contributed by atoms with E-state index in [4.69, 9.17) is 4.74 Å². The Kier molecular flexibility index (Phi) is 2.84. The third-order valence-electron chi connectivity index (χ3n) is 5.14. The Morgan fingerprint density at radius 2 is 2.00 bits per heavy atom. The molecule has 1 saturated heterocycles. The van der Waals surface area contributed by atoms with Crippen molar-refractivity contribution in [3.63, 3.8) is 0 Å². The molecule has 3 fully saturated rings. The molecule has 4 heteroatoms. The molecule has 1 aliphatic heterocycles. The molecule has 104 valence electrons. The van der Waals surface area contributed by atoms with Crippen molar-refractivity contribution in [1.82, 2.24) is 0 Å². The molecule has 2 N–H and O–H groups in total. The van der Waals surface area contributed by atoms with Crippen molar-refractivity contribution in [2.45, 2.75) is 38.1 Å². The number of ether oxygens (including phenoxy) is 1. The van der Waals surface area contributed by atoms with Gasteiger partial charge in [-0.3, -0.25) is 4.79 Å². The first-order valence-corrected chi connectivity index (χ1v) is 6.84. The molecule has 0 aromatic heterocycles. The van der Waals surface area contributed by atoms with Gasteiger partial charge in [-0.15, -0.1) is 0 Å². The van der Waals surface area contributed by atoms with Crippen molar-refractivity contribution in [2.75, 3.05) is 0 Å². The first-order valence-electron chi connectivity index (χ1n) is 6.84. The summed E-state index contributed by atoms with van der Waals surface area (Å²) < 4.78 is 5.50. The number of aliphatic hydroxyl groups is 2. The van der Waals surface area contributed by atoms with Crippen LogP contribution in [0.25, 0.3) is 0 Å². The van der Waals surface area contributed by atoms with Crippen LogP contribution in [0.3, 0.4) is 0 Å². The molecule has 0 radical (unpaired) electrons. The number of carbonyl (C=O) groups excluding carboxylic acids is 1. The summed E-state index contributed by atoms with van der Waals surface area (Å²) in [4.78, 5) is 11.8. The van der Waals surface area contributed by atoms with Crippen molar-refractivity contribution < 1.29 is 19.7 Å². The number of rotatable bonds is 0. The van der Waals surface area contributed by atoms with Crippen molar-refractivity contribution in [3.8, 4) is 0 Å². The van der Waals surface area contributed by atoms with Crippen LogP contribution in [-0.2, 0) is 9.53 Å². The van der Waals surface area contributed by atoms with Gasteiger partial charge in [0, 0.05) is 11.8 Å². The van der Waals surface area contributed by atoms with Gasteiger partial charge in [0.1, 0.15) is 6.10 Å². The van der Waals surface area contributed by atoms with Crippen LogP contribution >= 0.6 is 0 Å². The highest BCUT2D eigenvalue weighted by molar-refractivity contribution is 5.75. The van der Waals surface area contributed by atoms with Gasteiger partial charge in [0.15, 0.2) is 0 Å². The van der Waals surface area contributed by atoms with Crippen LogP contribution in [0.4, 0.5) is 0 Å². The van der Waals surface area contributed by atoms with Crippen molar-refractivity contribution in [2.24, 2.45) is 23.7 Å². The minimum atomic E-state index is -0.602. The fourth-order valence-corrected chi connectivity index (χ4v) is 4.06. The monoisotopic (exact) mass is 264 g/mol. The van der Waals surface area contributed by atoms with Crippen LogP contribution in [0.5, 0.6) is 0 Å². The third-order valence-corrected chi connectivity index (χ3v) is 5.14. The zero-order valence-electron chi connectivity index (χ0n) is 11.1. The van der Waals surface area contributed by atoms with Crippen LogP contribution in [0.1, 0.15) is 19.8 Å². The minimum Gasteiger partial charge on any atom is -0.461 e. The lowest BCUT2D eigenvalue weighted by Gasteiger charge is -2.27. The van der Waals surface area contributed by atoms with Gasteiger partial charge in [-0.2, -0.15) is 0 Å². The first kappa shape index (κ1) is 12.9. The lowest BCUT2D eigenvalue weighted by atomic mass is 9.79. The normalized spacial score (nSPS) is 49.6. The topological polar surface area (TPSA) is 66.8 Å². The second-order valence-electron chi connectivity index (χ2n) is 6.16. The maximum Gasteiger partial charge on any atom is 0.309 e. The van der Waals surface area contributed by atoms with Gasteiger partial charge >= 0.3 is 5.97 Å². The standard InChI is InChI=1S/C15H20O4/c1-6-4-11(17)13-8(3)15(18)19-14(13)12-7(2)10(16)5-9(6)12/h8-14,16-17H,1-2,4-5H2,3H3/t8-,9-,10-,11-,12-,13+,14+/m1/s1. The predicted octanol–water partition coefficient (Wildman–Crippen LogP) is 1.04. The Bertz CT molecular complexity index is 455. The van der Waals surface area contributed by atoms with E-state index in [2.05, 4.69) is 13.2 Å². The smallest absolute Gasteiger partial charge is 0.309 e. The molecule has 0 spiro atoms. The van der Waals surface area contributed by atoms with E-state index in [-0.39, 0.29) is 35.7 Å². The van der Waals surface area contributed by atoms with Crippen LogP contribution < -0.4 is 0 Å². The molecule has 0 aromatic rings. The largest absolute Gasteiger partial charge is 0.461 e. The maximum absolute atomic E-state index is 11.8. The summed E-state index contributed by atoms with van der Waals surface area (Å²) in [6.45, 7) is 9.82. The highest BCUT2D eigenvalue weighted by atomic mass is 16.6. The van der Waals surface area contributed by atoms with Gasteiger partial charge in [-0.1, -0.05) is 25.7 Å². The van der Waals surface area contributed by atoms with Crippen molar-refractivity contribution in [3.05, 3.63) is 24.3 Å². The Balaban J connectivity index is 2.03. The molecule has 0 bridgehead atoms. The number of carbonyl (C=O) groups is 1. The van der Waals surface area contributed by atoms with Gasteiger partial charge < -0.3 is 14.9 Å². The van der Waals surface area contributed by atoms with Crippen LogP contribution in [0, 0.1) is 23.7 Å². The Hall–Kier alpha value is -1.13. The van der Waals surface area contributed by atoms with E-state index in [1.165, 1.54) is 0 Å². The zero-order chi connectivity index (χ0) is 13.9. The molecule has 3 rings (SSSR count). The molecule has 7 atom stereocenters. The molecule has 2 saturated carbocycles. The molecule has 1 heterocycles. The van der Waals surface area contributed by atoms with E-state index in [9.17, 15) is 15.0 Å². The molecular weight excluding hydrogens is 244 g/mol. The highest BCUT2D eigenvalue weighted by Gasteiger charge is 2.56. The summed E-state index contributed by atoms with van der Waals surface area (Å²) in [5, 5.41) is 20.4. The molecule has 3 aliphatic rings. The highest BCUT2D eigenvalue weighted by Crippen LogP contribution is 2.52. The van der Waals surface area contributed by atoms with E-state index in [1.807, 2.05) is 0 Å². The molecule has 2 aliphatic carbocycles. The number of hydrogen-bond donors (Lipinski definition) is 2. The molecule has 19 heavy (non-hydrogen) atoms. The fraction of sp³-hybridized carbons (Fsp3) is 0.667. The van der Waals surface area contributed by atoms with E-state index in [1.54, 1.807) is 6.92 Å². The summed E-state index contributed by atoms with van der Waals surface area (Å²) in [7, 11) is 0. The van der Waals surface area contributed by atoms with E-state index < -0.39 is 12.2 Å². The second kappa shape index (κ2) is 4.18. The molecule has 0 amide bonds. The number of esters is 1. The van der Waals surface area contributed by atoms with Gasteiger partial charge in [-0.05, 0) is 24.3 Å². The Morgan fingerprint density at radius 1 is 1.32 bits per heavy atom. The minimum absolute atomic E-state index is 0.0604. The van der Waals surface area contributed by atoms with Gasteiger partial charge in [0.2, 0.25) is 0 Å². The number of fused-ring (bicyclic) bond motifs is 3. The zero-order valence-corrected chi connectivity index (χ0v) is 11.1. The lowest BCUT2D eigenvalue weighted by Crippen LogP contribution is -2.35. The molecular formula is C15H20O4. The molecule has 0 aromatic carbocycles. The van der Waals surface area contributed by atoms with Gasteiger partial charge in [-0.25, -0.2) is 0 Å². The quantitative estimate of drug-likeness (QED) is 0.507.